The van der Waals surface area contributed by atoms with Crippen LogP contribution in [0.4, 0.5) is 0 Å². The molecule has 2 aromatic rings. The second-order valence-electron chi connectivity index (χ2n) is 5.81. The van der Waals surface area contributed by atoms with Crippen LogP contribution < -0.4 is 16.1 Å². The van der Waals surface area contributed by atoms with Crippen LogP contribution in [0.2, 0.25) is 0 Å². The Morgan fingerprint density at radius 1 is 1.25 bits per heavy atom. The quantitative estimate of drug-likeness (QED) is 0.537. The van der Waals surface area contributed by atoms with Crippen molar-refractivity contribution < 1.29 is 29.2 Å². The molecule has 1 aromatic heterocycles. The fourth-order valence-electron chi connectivity index (χ4n) is 2.72. The van der Waals surface area contributed by atoms with Crippen molar-refractivity contribution in [2.75, 3.05) is 6.61 Å². The molecule has 0 radical (unpaired) electrons. The standard InChI is InChI=1S/C16H19NO7/c1-7-4-12(19)23-10-5-8(2-3-9(7)10)22-16-13(17)15(21)14(20)11(6-18)24-16/h2-5,11,13-16,18,20-21H,6,17H2,1H3/t11?,13?,14-,15?,16-/m1/s1. The second kappa shape index (κ2) is 6.50. The summed E-state index contributed by atoms with van der Waals surface area (Å²) in [6.07, 6.45) is -4.69. The maximum absolute atomic E-state index is 11.5. The predicted molar refractivity (Wildman–Crippen MR) is 83.6 cm³/mol. The summed E-state index contributed by atoms with van der Waals surface area (Å²) in [5.41, 5.74) is 6.48. The van der Waals surface area contributed by atoms with Gasteiger partial charge in [-0.1, -0.05) is 0 Å². The van der Waals surface area contributed by atoms with E-state index in [1.54, 1.807) is 19.1 Å². The number of nitrogens with two attached hydrogens (primary N) is 1. The zero-order valence-electron chi connectivity index (χ0n) is 13.0. The van der Waals surface area contributed by atoms with Gasteiger partial charge in [0, 0.05) is 17.5 Å². The number of ether oxygens (including phenoxy) is 2. The molecule has 1 aliphatic heterocycles. The van der Waals surface area contributed by atoms with Gasteiger partial charge in [0.15, 0.2) is 0 Å². The minimum Gasteiger partial charge on any atom is -0.463 e. The van der Waals surface area contributed by atoms with E-state index < -0.39 is 42.9 Å². The van der Waals surface area contributed by atoms with Crippen molar-refractivity contribution >= 4 is 11.0 Å². The van der Waals surface area contributed by atoms with Crippen molar-refractivity contribution in [3.05, 3.63) is 40.2 Å². The molecule has 24 heavy (non-hydrogen) atoms. The predicted octanol–water partition coefficient (Wildman–Crippen LogP) is -0.753. The van der Waals surface area contributed by atoms with E-state index in [1.165, 1.54) is 12.1 Å². The summed E-state index contributed by atoms with van der Waals surface area (Å²) in [5.74, 6) is 0.317. The molecule has 130 valence electrons. The molecule has 5 atom stereocenters. The van der Waals surface area contributed by atoms with Crippen molar-refractivity contribution in [2.24, 2.45) is 5.73 Å². The van der Waals surface area contributed by atoms with Gasteiger partial charge in [-0.05, 0) is 24.6 Å². The van der Waals surface area contributed by atoms with Crippen LogP contribution in [0, 0.1) is 6.92 Å². The van der Waals surface area contributed by atoms with Crippen molar-refractivity contribution in [3.63, 3.8) is 0 Å². The molecule has 2 heterocycles. The minimum atomic E-state index is -1.30. The van der Waals surface area contributed by atoms with Gasteiger partial charge in [0.1, 0.15) is 29.6 Å². The largest absolute Gasteiger partial charge is 0.463 e. The molecule has 5 N–H and O–H groups in total. The summed E-state index contributed by atoms with van der Waals surface area (Å²) in [5, 5.41) is 29.7. The minimum absolute atomic E-state index is 0.317. The van der Waals surface area contributed by atoms with Gasteiger partial charge in [0.2, 0.25) is 6.29 Å². The van der Waals surface area contributed by atoms with Gasteiger partial charge < -0.3 is 34.9 Å². The van der Waals surface area contributed by atoms with Gasteiger partial charge in [-0.3, -0.25) is 0 Å². The first-order chi connectivity index (χ1) is 11.4. The first-order valence-electron chi connectivity index (χ1n) is 7.50. The van der Waals surface area contributed by atoms with E-state index in [1.807, 2.05) is 0 Å². The van der Waals surface area contributed by atoms with Crippen LogP contribution in [0.15, 0.2) is 33.5 Å². The molecule has 8 heteroatoms. The number of aryl methyl sites for hydroxylation is 1. The third-order valence-electron chi connectivity index (χ3n) is 4.10. The van der Waals surface area contributed by atoms with Gasteiger partial charge in [-0.25, -0.2) is 4.79 Å². The molecule has 3 rings (SSSR count). The normalized spacial score (nSPS) is 30.5. The van der Waals surface area contributed by atoms with Crippen LogP contribution >= 0.6 is 0 Å². The van der Waals surface area contributed by atoms with E-state index >= 15 is 0 Å². The Balaban J connectivity index is 1.87. The lowest BCUT2D eigenvalue weighted by molar-refractivity contribution is -0.239. The number of hydrogen-bond acceptors (Lipinski definition) is 8. The number of aliphatic hydroxyl groups excluding tert-OH is 3. The molecule has 3 unspecified atom stereocenters. The molecular weight excluding hydrogens is 318 g/mol. The van der Waals surface area contributed by atoms with E-state index in [9.17, 15) is 20.1 Å². The smallest absolute Gasteiger partial charge is 0.336 e. The molecule has 1 fully saturated rings. The number of aliphatic hydroxyl groups is 3. The van der Waals surface area contributed by atoms with Crippen LogP contribution in [-0.4, -0.2) is 52.6 Å². The zero-order valence-corrected chi connectivity index (χ0v) is 13.0. The summed E-state index contributed by atoms with van der Waals surface area (Å²) in [4.78, 5) is 11.5. The van der Waals surface area contributed by atoms with E-state index in [0.717, 1.165) is 10.9 Å². The molecule has 0 spiro atoms. The maximum Gasteiger partial charge on any atom is 0.336 e. The van der Waals surface area contributed by atoms with E-state index in [4.69, 9.17) is 19.6 Å². The first kappa shape index (κ1) is 16.9. The third-order valence-corrected chi connectivity index (χ3v) is 4.10. The fraction of sp³-hybridized carbons (Fsp3) is 0.438. The van der Waals surface area contributed by atoms with E-state index in [-0.39, 0.29) is 0 Å². The summed E-state index contributed by atoms with van der Waals surface area (Å²) >= 11 is 0. The van der Waals surface area contributed by atoms with E-state index in [2.05, 4.69) is 0 Å². The Kier molecular flexibility index (Phi) is 4.57. The van der Waals surface area contributed by atoms with Crippen LogP contribution in [-0.2, 0) is 4.74 Å². The van der Waals surface area contributed by atoms with Crippen molar-refractivity contribution in [1.29, 1.82) is 0 Å². The Labute approximate surface area is 137 Å². The summed E-state index contributed by atoms with van der Waals surface area (Å²) in [6.45, 7) is 1.31. The van der Waals surface area contributed by atoms with Gasteiger partial charge in [0.25, 0.3) is 0 Å². The van der Waals surface area contributed by atoms with Gasteiger partial charge in [0.05, 0.1) is 12.6 Å². The molecule has 0 saturated carbocycles. The molecule has 0 aliphatic carbocycles. The Morgan fingerprint density at radius 2 is 2.00 bits per heavy atom. The highest BCUT2D eigenvalue weighted by molar-refractivity contribution is 5.81. The van der Waals surface area contributed by atoms with Gasteiger partial charge >= 0.3 is 5.63 Å². The number of hydrogen-bond donors (Lipinski definition) is 4. The highest BCUT2D eigenvalue weighted by Crippen LogP contribution is 2.26. The summed E-state index contributed by atoms with van der Waals surface area (Å²) in [7, 11) is 0. The highest BCUT2D eigenvalue weighted by atomic mass is 16.7. The van der Waals surface area contributed by atoms with Crippen LogP contribution in [0.3, 0.4) is 0 Å². The Morgan fingerprint density at radius 3 is 2.71 bits per heavy atom. The molecule has 0 bridgehead atoms. The molecule has 0 amide bonds. The third kappa shape index (κ3) is 3.02. The molecule has 1 aliphatic rings. The van der Waals surface area contributed by atoms with Crippen molar-refractivity contribution in [1.82, 2.24) is 0 Å². The van der Waals surface area contributed by atoms with E-state index in [0.29, 0.717) is 11.3 Å². The monoisotopic (exact) mass is 337 g/mol. The van der Waals surface area contributed by atoms with Crippen LogP contribution in [0.25, 0.3) is 11.0 Å². The summed E-state index contributed by atoms with van der Waals surface area (Å²) in [6, 6.07) is 5.28. The fourth-order valence-corrected chi connectivity index (χ4v) is 2.72. The number of rotatable bonds is 3. The van der Waals surface area contributed by atoms with Crippen molar-refractivity contribution in [3.8, 4) is 5.75 Å². The van der Waals surface area contributed by atoms with Crippen molar-refractivity contribution in [2.45, 2.75) is 37.6 Å². The lowest BCUT2D eigenvalue weighted by atomic mass is 9.98. The van der Waals surface area contributed by atoms with Crippen LogP contribution in [0.1, 0.15) is 5.56 Å². The second-order valence-corrected chi connectivity index (χ2v) is 5.81. The Bertz CT molecular complexity index is 788. The average molecular weight is 337 g/mol. The Hall–Kier alpha value is -1.97. The zero-order chi connectivity index (χ0) is 17.4. The topological polar surface area (TPSA) is 135 Å². The van der Waals surface area contributed by atoms with Crippen LogP contribution in [0.5, 0.6) is 5.75 Å². The van der Waals surface area contributed by atoms with Gasteiger partial charge in [-0.15, -0.1) is 0 Å². The molecule has 1 aromatic carbocycles. The molecular formula is C16H19NO7. The SMILES string of the molecule is Cc1cc(=O)oc2cc(O[C@@H]3OC(CO)[C@@H](O)C(O)C3N)ccc12. The maximum atomic E-state index is 11.5. The number of fused-ring (bicyclic) bond motifs is 1. The lowest BCUT2D eigenvalue weighted by Gasteiger charge is -2.40. The first-order valence-corrected chi connectivity index (χ1v) is 7.50. The molecule has 8 nitrogen and oxygen atoms in total. The highest BCUT2D eigenvalue weighted by Gasteiger charge is 2.43. The lowest BCUT2D eigenvalue weighted by Crippen LogP contribution is -2.63. The average Bonchev–Trinajstić information content (AvgIpc) is 2.55. The van der Waals surface area contributed by atoms with Gasteiger partial charge in [-0.2, -0.15) is 0 Å². The number of benzene rings is 1. The summed E-state index contributed by atoms with van der Waals surface area (Å²) < 4.78 is 16.2. The molecule has 1 saturated heterocycles.